The fourth-order valence-electron chi connectivity index (χ4n) is 2.01. The summed E-state index contributed by atoms with van der Waals surface area (Å²) in [5.74, 6) is -1.07. The van der Waals surface area contributed by atoms with Crippen LogP contribution in [0.4, 0.5) is 0 Å². The number of hydrogen-bond acceptors (Lipinski definition) is 4. The molecule has 1 N–H and O–H groups in total. The number of aromatic carboxylic acids is 1. The summed E-state index contributed by atoms with van der Waals surface area (Å²) in [6.45, 7) is 5.58. The summed E-state index contributed by atoms with van der Waals surface area (Å²) in [7, 11) is 0. The SMILES string of the molecule is CC=N/C(C)=C\C=C(/C)n1nc(C(=O)O)cc1-c1ccccn1. The van der Waals surface area contributed by atoms with Crippen molar-refractivity contribution in [3.63, 3.8) is 0 Å². The second-order valence-corrected chi connectivity index (χ2v) is 4.85. The molecule has 0 aromatic carbocycles. The van der Waals surface area contributed by atoms with Gasteiger partial charge >= 0.3 is 5.97 Å². The predicted octanol–water partition coefficient (Wildman–Crippen LogP) is 3.50. The van der Waals surface area contributed by atoms with Crippen molar-refractivity contribution in [3.8, 4) is 11.4 Å². The van der Waals surface area contributed by atoms with Crippen molar-refractivity contribution in [2.45, 2.75) is 20.8 Å². The zero-order valence-corrected chi connectivity index (χ0v) is 13.3. The lowest BCUT2D eigenvalue weighted by Crippen LogP contribution is -2.02. The molecule has 0 spiro atoms. The molecule has 2 heterocycles. The zero-order chi connectivity index (χ0) is 16.8. The number of hydrogen-bond donors (Lipinski definition) is 1. The fraction of sp³-hybridized carbons (Fsp3) is 0.176. The fourth-order valence-corrected chi connectivity index (χ4v) is 2.01. The van der Waals surface area contributed by atoms with Crippen LogP contribution in [0.1, 0.15) is 31.3 Å². The van der Waals surface area contributed by atoms with Crippen LogP contribution in [0.3, 0.4) is 0 Å². The molecule has 0 aliphatic carbocycles. The molecule has 2 aromatic heterocycles. The molecular weight excluding hydrogens is 292 g/mol. The first kappa shape index (κ1) is 16.4. The molecule has 118 valence electrons. The van der Waals surface area contributed by atoms with Gasteiger partial charge in [-0.2, -0.15) is 5.10 Å². The van der Waals surface area contributed by atoms with E-state index in [1.54, 1.807) is 23.2 Å². The number of carbonyl (C=O) groups is 1. The Morgan fingerprint density at radius 2 is 2.09 bits per heavy atom. The summed E-state index contributed by atoms with van der Waals surface area (Å²) in [6, 6.07) is 6.98. The van der Waals surface area contributed by atoms with Gasteiger partial charge in [0.25, 0.3) is 0 Å². The smallest absolute Gasteiger partial charge is 0.356 e. The van der Waals surface area contributed by atoms with Gasteiger partial charge in [-0.15, -0.1) is 0 Å². The number of allylic oxidation sites excluding steroid dienone is 4. The molecule has 0 radical (unpaired) electrons. The van der Waals surface area contributed by atoms with Crippen LogP contribution in [0.5, 0.6) is 0 Å². The van der Waals surface area contributed by atoms with Crippen molar-refractivity contribution >= 4 is 17.9 Å². The molecule has 2 rings (SSSR count). The van der Waals surface area contributed by atoms with Gasteiger partial charge in [0.1, 0.15) is 0 Å². The van der Waals surface area contributed by atoms with E-state index in [4.69, 9.17) is 0 Å². The lowest BCUT2D eigenvalue weighted by molar-refractivity contribution is 0.0690. The second-order valence-electron chi connectivity index (χ2n) is 4.85. The van der Waals surface area contributed by atoms with Gasteiger partial charge < -0.3 is 5.11 Å². The van der Waals surface area contributed by atoms with Crippen LogP contribution in [0, 0.1) is 0 Å². The number of pyridine rings is 1. The molecule has 2 aromatic rings. The highest BCUT2D eigenvalue weighted by Crippen LogP contribution is 2.21. The maximum Gasteiger partial charge on any atom is 0.356 e. The maximum atomic E-state index is 11.2. The topological polar surface area (TPSA) is 80.4 Å². The molecule has 0 atom stereocenters. The maximum absolute atomic E-state index is 11.2. The van der Waals surface area contributed by atoms with E-state index in [1.807, 2.05) is 45.1 Å². The Labute approximate surface area is 134 Å². The lowest BCUT2D eigenvalue weighted by Gasteiger charge is -2.06. The number of carboxylic acid groups (broad SMARTS) is 1. The van der Waals surface area contributed by atoms with Crippen LogP contribution in [-0.2, 0) is 0 Å². The molecule has 0 amide bonds. The van der Waals surface area contributed by atoms with Crippen LogP contribution in [0.25, 0.3) is 17.1 Å². The third-order valence-electron chi connectivity index (χ3n) is 3.09. The van der Waals surface area contributed by atoms with Crippen LogP contribution in [0.15, 0.2) is 53.3 Å². The monoisotopic (exact) mass is 310 g/mol. The van der Waals surface area contributed by atoms with Gasteiger partial charge in [0.15, 0.2) is 5.69 Å². The number of carboxylic acids is 1. The molecule has 0 saturated heterocycles. The average Bonchev–Trinajstić information content (AvgIpc) is 2.99. The third kappa shape index (κ3) is 4.00. The molecule has 0 bridgehead atoms. The van der Waals surface area contributed by atoms with Gasteiger partial charge in [0.2, 0.25) is 0 Å². The summed E-state index contributed by atoms with van der Waals surface area (Å²) in [5.41, 5.74) is 2.88. The van der Waals surface area contributed by atoms with Gasteiger partial charge in [-0.1, -0.05) is 6.07 Å². The van der Waals surface area contributed by atoms with Gasteiger partial charge in [0, 0.05) is 29.9 Å². The third-order valence-corrected chi connectivity index (χ3v) is 3.09. The Morgan fingerprint density at radius 3 is 2.70 bits per heavy atom. The first-order valence-corrected chi connectivity index (χ1v) is 7.12. The van der Waals surface area contributed by atoms with Crippen LogP contribution < -0.4 is 0 Å². The first-order chi connectivity index (χ1) is 11.0. The Bertz CT molecular complexity index is 786. The van der Waals surface area contributed by atoms with E-state index in [-0.39, 0.29) is 5.69 Å². The number of nitrogens with zero attached hydrogens (tertiary/aromatic N) is 4. The Kier molecular flexibility index (Phi) is 5.19. The number of aromatic nitrogens is 3. The van der Waals surface area contributed by atoms with Crippen molar-refractivity contribution < 1.29 is 9.90 Å². The summed E-state index contributed by atoms with van der Waals surface area (Å²) < 4.78 is 1.57. The van der Waals surface area contributed by atoms with Gasteiger partial charge in [0.05, 0.1) is 11.4 Å². The van der Waals surface area contributed by atoms with Crippen molar-refractivity contribution in [3.05, 3.63) is 54.0 Å². The highest BCUT2D eigenvalue weighted by Gasteiger charge is 2.16. The van der Waals surface area contributed by atoms with E-state index < -0.39 is 5.97 Å². The molecule has 6 nitrogen and oxygen atoms in total. The van der Waals surface area contributed by atoms with Crippen molar-refractivity contribution in [1.29, 1.82) is 0 Å². The normalized spacial score (nSPS) is 12.8. The average molecular weight is 310 g/mol. The van der Waals surface area contributed by atoms with E-state index in [0.29, 0.717) is 11.4 Å². The van der Waals surface area contributed by atoms with E-state index in [9.17, 15) is 9.90 Å². The van der Waals surface area contributed by atoms with Crippen molar-refractivity contribution in [2.75, 3.05) is 0 Å². The molecule has 0 aliphatic heterocycles. The summed E-state index contributed by atoms with van der Waals surface area (Å²) in [4.78, 5) is 19.7. The van der Waals surface area contributed by atoms with Gasteiger partial charge in [-0.05, 0) is 45.1 Å². The van der Waals surface area contributed by atoms with E-state index in [0.717, 1.165) is 11.4 Å². The highest BCUT2D eigenvalue weighted by molar-refractivity contribution is 5.87. The Morgan fingerprint density at radius 1 is 1.30 bits per heavy atom. The van der Waals surface area contributed by atoms with Gasteiger partial charge in [-0.3, -0.25) is 9.98 Å². The molecule has 0 fully saturated rings. The minimum absolute atomic E-state index is 0.0225. The van der Waals surface area contributed by atoms with Crippen LogP contribution in [-0.4, -0.2) is 32.1 Å². The predicted molar refractivity (Wildman–Crippen MR) is 90.3 cm³/mol. The molecule has 6 heteroatoms. The second kappa shape index (κ2) is 7.31. The van der Waals surface area contributed by atoms with E-state index in [1.165, 1.54) is 6.07 Å². The summed E-state index contributed by atoms with van der Waals surface area (Å²) in [6.07, 6.45) is 7.06. The molecule has 0 aliphatic rings. The summed E-state index contributed by atoms with van der Waals surface area (Å²) in [5, 5.41) is 13.3. The van der Waals surface area contributed by atoms with Gasteiger partial charge in [-0.25, -0.2) is 9.48 Å². The standard InChI is InChI=1S/C17H18N4O2/c1-4-18-12(2)8-9-13(3)21-16(11-15(20-21)17(22)23)14-7-5-6-10-19-14/h4-11H,1-3H3,(H,22,23)/b12-8-,13-9+,18-4?. The van der Waals surface area contributed by atoms with Crippen LogP contribution >= 0.6 is 0 Å². The lowest BCUT2D eigenvalue weighted by atomic mass is 10.2. The minimum atomic E-state index is -1.07. The quantitative estimate of drug-likeness (QED) is 0.677. The number of aliphatic imine (C=N–C) groups is 1. The zero-order valence-electron chi connectivity index (χ0n) is 13.3. The Hall–Kier alpha value is -3.02. The van der Waals surface area contributed by atoms with Crippen molar-refractivity contribution in [1.82, 2.24) is 14.8 Å². The number of rotatable bonds is 5. The molecule has 0 saturated carbocycles. The summed E-state index contributed by atoms with van der Waals surface area (Å²) >= 11 is 0. The Balaban J connectivity index is 2.50. The van der Waals surface area contributed by atoms with Crippen molar-refractivity contribution in [2.24, 2.45) is 4.99 Å². The van der Waals surface area contributed by atoms with E-state index in [2.05, 4.69) is 15.1 Å². The minimum Gasteiger partial charge on any atom is -0.476 e. The molecule has 0 unspecified atom stereocenters. The van der Waals surface area contributed by atoms with E-state index >= 15 is 0 Å². The van der Waals surface area contributed by atoms with Crippen LogP contribution in [0.2, 0.25) is 0 Å². The first-order valence-electron chi connectivity index (χ1n) is 7.12. The molecule has 23 heavy (non-hydrogen) atoms. The highest BCUT2D eigenvalue weighted by atomic mass is 16.4. The molecular formula is C17H18N4O2. The largest absolute Gasteiger partial charge is 0.476 e.